The van der Waals surface area contributed by atoms with Gasteiger partial charge in [0.05, 0.1) is 5.56 Å². The Morgan fingerprint density at radius 1 is 1.20 bits per heavy atom. The van der Waals surface area contributed by atoms with Crippen LogP contribution in [0.3, 0.4) is 0 Å². The fourth-order valence-electron chi connectivity index (χ4n) is 3.14. The van der Waals surface area contributed by atoms with E-state index in [-0.39, 0.29) is 6.04 Å². The molecule has 2 rings (SSSR count). The number of carbonyl (C=O) groups is 3. The summed E-state index contributed by atoms with van der Waals surface area (Å²) in [6, 6.07) is 6.42. The van der Waals surface area contributed by atoms with Gasteiger partial charge in [-0.15, -0.1) is 0 Å². The minimum absolute atomic E-state index is 0.0615. The van der Waals surface area contributed by atoms with E-state index in [1.807, 2.05) is 13.0 Å². The molecule has 136 valence electrons. The number of amides is 3. The van der Waals surface area contributed by atoms with Crippen LogP contribution >= 0.6 is 0 Å². The number of esters is 1. The van der Waals surface area contributed by atoms with Crippen molar-refractivity contribution in [2.24, 2.45) is 11.8 Å². The maximum Gasteiger partial charge on any atom is 0.338 e. The first-order valence-electron chi connectivity index (χ1n) is 8.71. The lowest BCUT2D eigenvalue weighted by Gasteiger charge is -2.34. The van der Waals surface area contributed by atoms with Gasteiger partial charge in [0.2, 0.25) is 0 Å². The van der Waals surface area contributed by atoms with Crippen molar-refractivity contribution in [2.45, 2.75) is 46.1 Å². The van der Waals surface area contributed by atoms with E-state index in [0.717, 1.165) is 24.8 Å². The topological polar surface area (TPSA) is 84.5 Å². The second-order valence-electron chi connectivity index (χ2n) is 6.84. The third kappa shape index (κ3) is 5.59. The molecule has 25 heavy (non-hydrogen) atoms. The quantitative estimate of drug-likeness (QED) is 0.821. The van der Waals surface area contributed by atoms with Gasteiger partial charge in [-0.2, -0.15) is 0 Å². The number of urea groups is 1. The van der Waals surface area contributed by atoms with Gasteiger partial charge >= 0.3 is 12.0 Å². The predicted molar refractivity (Wildman–Crippen MR) is 94.1 cm³/mol. The molecule has 3 amide bonds. The summed E-state index contributed by atoms with van der Waals surface area (Å²) in [6.07, 6.45) is 3.14. The van der Waals surface area contributed by atoms with E-state index in [1.54, 1.807) is 18.2 Å². The second kappa shape index (κ2) is 8.65. The highest BCUT2D eigenvalue weighted by Crippen LogP contribution is 2.29. The number of rotatable bonds is 4. The number of nitrogens with one attached hydrogen (secondary N) is 2. The maximum absolute atomic E-state index is 11.9. The Bertz CT molecular complexity index is 644. The van der Waals surface area contributed by atoms with Crippen LogP contribution in [0.4, 0.5) is 4.79 Å². The van der Waals surface area contributed by atoms with Crippen LogP contribution in [-0.2, 0) is 9.53 Å². The number of aryl methyl sites for hydroxylation is 1. The summed E-state index contributed by atoms with van der Waals surface area (Å²) in [4.78, 5) is 35.6. The van der Waals surface area contributed by atoms with E-state index < -0.39 is 24.5 Å². The van der Waals surface area contributed by atoms with Crippen molar-refractivity contribution in [3.05, 3.63) is 35.4 Å². The minimum Gasteiger partial charge on any atom is -0.452 e. The zero-order valence-electron chi connectivity index (χ0n) is 15.0. The molecular weight excluding hydrogens is 320 g/mol. The molecule has 0 spiro atoms. The largest absolute Gasteiger partial charge is 0.452 e. The van der Waals surface area contributed by atoms with Crippen LogP contribution in [-0.4, -0.2) is 30.6 Å². The zero-order valence-corrected chi connectivity index (χ0v) is 15.0. The van der Waals surface area contributed by atoms with Gasteiger partial charge in [0.1, 0.15) is 0 Å². The molecule has 0 saturated heterocycles. The first-order chi connectivity index (χ1) is 11.9. The Morgan fingerprint density at radius 3 is 2.68 bits per heavy atom. The standard InChI is InChI=1S/C19H26N2O4/c1-12-6-4-8-15(10-12)18(23)25-11-17(22)21-19(24)20-16-9-5-7-13(2)14(16)3/h4,6,8,10,13-14,16H,5,7,9,11H2,1-3H3,(H2,20,21,22,24)/t13-,14+,16-/m1/s1. The van der Waals surface area contributed by atoms with Crippen LogP contribution in [0.1, 0.15) is 49.0 Å². The molecule has 2 N–H and O–H groups in total. The SMILES string of the molecule is Cc1cccc(C(=O)OCC(=O)NC(=O)N[C@@H]2CCC[C@@H](C)[C@@H]2C)c1. The normalized spacial score (nSPS) is 22.8. The first kappa shape index (κ1) is 19.0. The zero-order chi connectivity index (χ0) is 18.4. The first-order valence-corrected chi connectivity index (χ1v) is 8.71. The van der Waals surface area contributed by atoms with Crippen molar-refractivity contribution < 1.29 is 19.1 Å². The Kier molecular flexibility index (Phi) is 6.56. The van der Waals surface area contributed by atoms with E-state index in [4.69, 9.17) is 4.74 Å². The van der Waals surface area contributed by atoms with Crippen molar-refractivity contribution in [1.82, 2.24) is 10.6 Å². The van der Waals surface area contributed by atoms with Gasteiger partial charge in [-0.3, -0.25) is 10.1 Å². The molecule has 1 aliphatic carbocycles. The molecule has 0 unspecified atom stereocenters. The number of benzene rings is 1. The van der Waals surface area contributed by atoms with Gasteiger partial charge in [-0.25, -0.2) is 9.59 Å². The number of hydrogen-bond acceptors (Lipinski definition) is 4. The summed E-state index contributed by atoms with van der Waals surface area (Å²) in [5.74, 6) is -0.317. The minimum atomic E-state index is -0.644. The van der Waals surface area contributed by atoms with Crippen molar-refractivity contribution in [3.8, 4) is 0 Å². The lowest BCUT2D eigenvalue weighted by Crippen LogP contribution is -2.49. The van der Waals surface area contributed by atoms with Crippen LogP contribution in [0.5, 0.6) is 0 Å². The lowest BCUT2D eigenvalue weighted by molar-refractivity contribution is -0.123. The summed E-state index contributed by atoms with van der Waals surface area (Å²) in [7, 11) is 0. The van der Waals surface area contributed by atoms with Gasteiger partial charge in [-0.1, -0.05) is 44.4 Å². The highest BCUT2D eigenvalue weighted by atomic mass is 16.5. The van der Waals surface area contributed by atoms with Crippen LogP contribution in [0.15, 0.2) is 24.3 Å². The van der Waals surface area contributed by atoms with E-state index >= 15 is 0 Å². The number of imide groups is 1. The molecule has 0 bridgehead atoms. The Hall–Kier alpha value is -2.37. The predicted octanol–water partition coefficient (Wildman–Crippen LogP) is 2.80. The molecule has 1 aromatic rings. The van der Waals surface area contributed by atoms with Gasteiger partial charge < -0.3 is 10.1 Å². The Balaban J connectivity index is 1.76. The van der Waals surface area contributed by atoms with Crippen molar-refractivity contribution in [1.29, 1.82) is 0 Å². The van der Waals surface area contributed by atoms with E-state index in [0.29, 0.717) is 17.4 Å². The molecule has 1 aromatic carbocycles. The van der Waals surface area contributed by atoms with Gasteiger partial charge in [0, 0.05) is 6.04 Å². The number of carbonyl (C=O) groups excluding carboxylic acids is 3. The molecule has 3 atom stereocenters. The third-order valence-electron chi connectivity index (χ3n) is 4.86. The number of hydrogen-bond donors (Lipinski definition) is 2. The van der Waals surface area contributed by atoms with E-state index in [9.17, 15) is 14.4 Å². The molecular formula is C19H26N2O4. The maximum atomic E-state index is 11.9. The van der Waals surface area contributed by atoms with Gasteiger partial charge in [0.15, 0.2) is 6.61 Å². The summed E-state index contributed by atoms with van der Waals surface area (Å²) in [5, 5.41) is 5.06. The van der Waals surface area contributed by atoms with Gasteiger partial charge in [-0.05, 0) is 37.3 Å². The summed E-state index contributed by atoms with van der Waals surface area (Å²) in [5.41, 5.74) is 1.30. The monoisotopic (exact) mass is 346 g/mol. The van der Waals surface area contributed by atoms with Crippen molar-refractivity contribution in [3.63, 3.8) is 0 Å². The molecule has 0 aromatic heterocycles. The highest BCUT2D eigenvalue weighted by Gasteiger charge is 2.28. The third-order valence-corrected chi connectivity index (χ3v) is 4.86. The van der Waals surface area contributed by atoms with Gasteiger partial charge in [0.25, 0.3) is 5.91 Å². The van der Waals surface area contributed by atoms with Crippen LogP contribution in [0, 0.1) is 18.8 Å². The Morgan fingerprint density at radius 2 is 1.96 bits per heavy atom. The molecule has 1 aliphatic rings. The molecule has 1 fully saturated rings. The van der Waals surface area contributed by atoms with E-state index in [1.165, 1.54) is 0 Å². The smallest absolute Gasteiger partial charge is 0.338 e. The molecule has 6 heteroatoms. The fraction of sp³-hybridized carbons (Fsp3) is 0.526. The van der Waals surface area contributed by atoms with Crippen LogP contribution in [0.2, 0.25) is 0 Å². The average Bonchev–Trinajstić information content (AvgIpc) is 2.56. The molecule has 0 radical (unpaired) electrons. The fourth-order valence-corrected chi connectivity index (χ4v) is 3.14. The molecule has 6 nitrogen and oxygen atoms in total. The summed E-state index contributed by atoms with van der Waals surface area (Å²) >= 11 is 0. The van der Waals surface area contributed by atoms with Crippen LogP contribution in [0.25, 0.3) is 0 Å². The van der Waals surface area contributed by atoms with Crippen molar-refractivity contribution in [2.75, 3.05) is 6.61 Å². The molecule has 0 aliphatic heterocycles. The van der Waals surface area contributed by atoms with Crippen LogP contribution < -0.4 is 10.6 Å². The molecule has 0 heterocycles. The van der Waals surface area contributed by atoms with Crippen molar-refractivity contribution >= 4 is 17.9 Å². The summed E-state index contributed by atoms with van der Waals surface area (Å²) in [6.45, 7) is 5.66. The Labute approximate surface area is 148 Å². The lowest BCUT2D eigenvalue weighted by atomic mass is 9.78. The number of ether oxygens (including phenoxy) is 1. The highest BCUT2D eigenvalue weighted by molar-refractivity contribution is 5.97. The molecule has 1 saturated carbocycles. The van der Waals surface area contributed by atoms with E-state index in [2.05, 4.69) is 24.5 Å². The summed E-state index contributed by atoms with van der Waals surface area (Å²) < 4.78 is 4.94. The second-order valence-corrected chi connectivity index (χ2v) is 6.84. The average molecular weight is 346 g/mol.